The van der Waals surface area contributed by atoms with E-state index in [4.69, 9.17) is 0 Å². The molecule has 9 heteroatoms. The molecule has 0 aliphatic carbocycles. The molecule has 27 heavy (non-hydrogen) atoms. The molecular formula is C18H18N4O4S. The highest BCUT2D eigenvalue weighted by Crippen LogP contribution is 2.31. The van der Waals surface area contributed by atoms with E-state index in [2.05, 4.69) is 16.1 Å². The zero-order chi connectivity index (χ0) is 19.4. The lowest BCUT2D eigenvalue weighted by molar-refractivity contribution is -0.139. The van der Waals surface area contributed by atoms with Crippen molar-refractivity contribution in [3.8, 4) is 0 Å². The SMILES string of the molecule is CCC1(c2ccccc2)NC(=O)N(NC(=O)CNC(=O)c2cccs2)C1=O. The van der Waals surface area contributed by atoms with Crippen molar-refractivity contribution in [2.45, 2.75) is 18.9 Å². The van der Waals surface area contributed by atoms with Crippen LogP contribution in [-0.2, 0) is 15.1 Å². The van der Waals surface area contributed by atoms with Gasteiger partial charge in [0.25, 0.3) is 17.7 Å². The number of urea groups is 1. The average molecular weight is 386 g/mol. The monoisotopic (exact) mass is 386 g/mol. The minimum absolute atomic E-state index is 0.322. The normalized spacial score (nSPS) is 18.9. The number of nitrogens with zero attached hydrogens (tertiary/aromatic N) is 1. The van der Waals surface area contributed by atoms with Gasteiger partial charge in [0.1, 0.15) is 5.54 Å². The molecule has 1 unspecified atom stereocenters. The molecule has 1 saturated heterocycles. The predicted molar refractivity (Wildman–Crippen MR) is 98.6 cm³/mol. The standard InChI is InChI=1S/C18H18N4O4S/c1-2-18(12-7-4-3-5-8-12)16(25)22(17(26)20-18)21-14(23)11-19-15(24)13-9-6-10-27-13/h3-10H,2,11H2,1H3,(H,19,24)(H,20,26)(H,21,23). The maximum atomic E-state index is 12.9. The van der Waals surface area contributed by atoms with Crippen molar-refractivity contribution in [2.24, 2.45) is 0 Å². The van der Waals surface area contributed by atoms with E-state index in [0.29, 0.717) is 21.9 Å². The summed E-state index contributed by atoms with van der Waals surface area (Å²) in [6.45, 7) is 1.41. The summed E-state index contributed by atoms with van der Waals surface area (Å²) in [4.78, 5) is 49.6. The lowest BCUT2D eigenvalue weighted by Crippen LogP contribution is -2.51. The van der Waals surface area contributed by atoms with Gasteiger partial charge in [0, 0.05) is 0 Å². The summed E-state index contributed by atoms with van der Waals surface area (Å²) >= 11 is 1.24. The molecule has 3 N–H and O–H groups in total. The predicted octanol–water partition coefficient (Wildman–Crippen LogP) is 1.37. The number of carbonyl (C=O) groups is 4. The topological polar surface area (TPSA) is 108 Å². The number of thiophene rings is 1. The number of carbonyl (C=O) groups excluding carboxylic acids is 4. The van der Waals surface area contributed by atoms with Crippen molar-refractivity contribution in [3.05, 3.63) is 58.3 Å². The van der Waals surface area contributed by atoms with Gasteiger partial charge in [-0.2, -0.15) is 5.01 Å². The third-order valence-corrected chi connectivity index (χ3v) is 5.15. The van der Waals surface area contributed by atoms with Gasteiger partial charge in [0.2, 0.25) is 0 Å². The second-order valence-corrected chi connectivity index (χ2v) is 6.84. The highest BCUT2D eigenvalue weighted by atomic mass is 32.1. The number of benzene rings is 1. The number of hydrogen-bond donors (Lipinski definition) is 3. The quantitative estimate of drug-likeness (QED) is 0.652. The number of hydrazine groups is 1. The minimum atomic E-state index is -1.23. The smallest absolute Gasteiger partial charge is 0.342 e. The van der Waals surface area contributed by atoms with Crippen LogP contribution in [0.4, 0.5) is 4.79 Å². The summed E-state index contributed by atoms with van der Waals surface area (Å²) in [5.74, 6) is -1.65. The van der Waals surface area contributed by atoms with Gasteiger partial charge in [-0.25, -0.2) is 4.79 Å². The molecule has 140 valence electrons. The van der Waals surface area contributed by atoms with Gasteiger partial charge in [0.05, 0.1) is 11.4 Å². The summed E-state index contributed by atoms with van der Waals surface area (Å²) in [6.07, 6.45) is 0.322. The summed E-state index contributed by atoms with van der Waals surface area (Å²) in [7, 11) is 0. The van der Waals surface area contributed by atoms with Crippen LogP contribution >= 0.6 is 11.3 Å². The van der Waals surface area contributed by atoms with Gasteiger partial charge >= 0.3 is 6.03 Å². The third-order valence-electron chi connectivity index (χ3n) is 4.28. The van der Waals surface area contributed by atoms with Crippen molar-refractivity contribution >= 4 is 35.1 Å². The van der Waals surface area contributed by atoms with Crippen LogP contribution in [0.25, 0.3) is 0 Å². The van der Waals surface area contributed by atoms with Crippen LogP contribution in [0.5, 0.6) is 0 Å². The fourth-order valence-electron chi connectivity index (χ4n) is 2.86. The summed E-state index contributed by atoms with van der Waals surface area (Å²) in [6, 6.07) is 11.5. The van der Waals surface area contributed by atoms with Gasteiger partial charge < -0.3 is 10.6 Å². The van der Waals surface area contributed by atoms with E-state index in [1.807, 2.05) is 6.07 Å². The van der Waals surface area contributed by atoms with Crippen molar-refractivity contribution in [2.75, 3.05) is 6.54 Å². The maximum absolute atomic E-state index is 12.9. The molecule has 3 rings (SSSR count). The maximum Gasteiger partial charge on any atom is 0.344 e. The summed E-state index contributed by atoms with van der Waals surface area (Å²) in [5, 5.41) is 7.52. The number of imide groups is 1. The molecule has 2 aromatic rings. The molecule has 0 radical (unpaired) electrons. The first-order valence-corrected chi connectivity index (χ1v) is 9.19. The Hall–Kier alpha value is -3.20. The van der Waals surface area contributed by atoms with E-state index in [0.717, 1.165) is 0 Å². The van der Waals surface area contributed by atoms with E-state index < -0.39 is 29.3 Å². The van der Waals surface area contributed by atoms with E-state index in [1.54, 1.807) is 48.7 Å². The van der Waals surface area contributed by atoms with Gasteiger partial charge in [0.15, 0.2) is 0 Å². The van der Waals surface area contributed by atoms with Crippen LogP contribution in [0.15, 0.2) is 47.8 Å². The van der Waals surface area contributed by atoms with Crippen LogP contribution in [0, 0.1) is 0 Å². The highest BCUT2D eigenvalue weighted by molar-refractivity contribution is 7.12. The Kier molecular flexibility index (Phi) is 5.22. The molecule has 2 heterocycles. The Bertz CT molecular complexity index is 869. The molecule has 1 aromatic heterocycles. The van der Waals surface area contributed by atoms with Crippen molar-refractivity contribution in [1.29, 1.82) is 0 Å². The van der Waals surface area contributed by atoms with Crippen LogP contribution < -0.4 is 16.1 Å². The average Bonchev–Trinajstić information content (AvgIpc) is 3.30. The number of rotatable bonds is 6. The minimum Gasteiger partial charge on any atom is -0.342 e. The fraction of sp³-hybridized carbons (Fsp3) is 0.222. The Morgan fingerprint density at radius 2 is 1.89 bits per heavy atom. The molecule has 1 aliphatic heterocycles. The van der Waals surface area contributed by atoms with Crippen molar-refractivity contribution in [1.82, 2.24) is 21.1 Å². The van der Waals surface area contributed by atoms with Gasteiger partial charge in [-0.3, -0.25) is 19.8 Å². The van der Waals surface area contributed by atoms with E-state index >= 15 is 0 Å². The highest BCUT2D eigenvalue weighted by Gasteiger charge is 2.52. The van der Waals surface area contributed by atoms with Crippen LogP contribution in [0.2, 0.25) is 0 Å². The molecule has 1 atom stereocenters. The van der Waals surface area contributed by atoms with Gasteiger partial charge in [-0.15, -0.1) is 11.3 Å². The molecule has 0 spiro atoms. The Morgan fingerprint density at radius 1 is 1.15 bits per heavy atom. The Labute approximate surface area is 159 Å². The van der Waals surface area contributed by atoms with Crippen LogP contribution in [-0.4, -0.2) is 35.3 Å². The second kappa shape index (κ2) is 7.58. The zero-order valence-corrected chi connectivity index (χ0v) is 15.3. The molecule has 0 saturated carbocycles. The lowest BCUT2D eigenvalue weighted by atomic mass is 9.87. The van der Waals surface area contributed by atoms with E-state index in [-0.39, 0.29) is 6.54 Å². The molecule has 1 fully saturated rings. The first-order valence-electron chi connectivity index (χ1n) is 8.31. The van der Waals surface area contributed by atoms with Crippen LogP contribution in [0.3, 0.4) is 0 Å². The molecule has 1 aromatic carbocycles. The van der Waals surface area contributed by atoms with E-state index in [9.17, 15) is 19.2 Å². The number of nitrogens with one attached hydrogen (secondary N) is 3. The second-order valence-electron chi connectivity index (χ2n) is 5.89. The summed E-state index contributed by atoms with van der Waals surface area (Å²) in [5.41, 5.74) is 1.66. The number of hydrogen-bond acceptors (Lipinski definition) is 5. The fourth-order valence-corrected chi connectivity index (χ4v) is 3.50. The zero-order valence-electron chi connectivity index (χ0n) is 14.5. The van der Waals surface area contributed by atoms with Crippen molar-refractivity contribution in [3.63, 3.8) is 0 Å². The number of amides is 5. The molecule has 8 nitrogen and oxygen atoms in total. The first-order chi connectivity index (χ1) is 13.0. The molecular weight excluding hydrogens is 368 g/mol. The lowest BCUT2D eigenvalue weighted by Gasteiger charge is -2.25. The Morgan fingerprint density at radius 3 is 2.52 bits per heavy atom. The van der Waals surface area contributed by atoms with Crippen molar-refractivity contribution < 1.29 is 19.2 Å². The van der Waals surface area contributed by atoms with E-state index in [1.165, 1.54) is 11.3 Å². The van der Waals surface area contributed by atoms with Gasteiger partial charge in [-0.1, -0.05) is 43.3 Å². The molecule has 0 bridgehead atoms. The van der Waals surface area contributed by atoms with Gasteiger partial charge in [-0.05, 0) is 23.4 Å². The summed E-state index contributed by atoms with van der Waals surface area (Å²) < 4.78 is 0. The molecule has 1 aliphatic rings. The Balaban J connectivity index is 1.66. The van der Waals surface area contributed by atoms with Crippen LogP contribution in [0.1, 0.15) is 28.6 Å². The third kappa shape index (κ3) is 3.54. The molecule has 5 amide bonds. The first kappa shape index (κ1) is 18.6. The largest absolute Gasteiger partial charge is 0.344 e.